The molecule has 0 radical (unpaired) electrons. The first-order valence-corrected chi connectivity index (χ1v) is 6.38. The van der Waals surface area contributed by atoms with Crippen molar-refractivity contribution >= 4 is 26.9 Å². The van der Waals surface area contributed by atoms with Crippen LogP contribution in [0.15, 0.2) is 27.1 Å². The van der Waals surface area contributed by atoms with Crippen LogP contribution in [0, 0.1) is 11.7 Å². The fourth-order valence-electron chi connectivity index (χ4n) is 2.05. The number of hydrogen-bond donors (Lipinski definition) is 1. The fraction of sp³-hybridized carbons (Fsp3) is 0.385. The minimum absolute atomic E-state index is 0.0978. The van der Waals surface area contributed by atoms with E-state index in [1.54, 1.807) is 0 Å². The number of fused-ring (bicyclic) bond motifs is 1. The number of benzene rings is 1. The first-order chi connectivity index (χ1) is 8.02. The summed E-state index contributed by atoms with van der Waals surface area (Å²) in [5.41, 5.74) is 0.323. The van der Waals surface area contributed by atoms with Gasteiger partial charge in [-0.25, -0.2) is 4.39 Å². The zero-order chi connectivity index (χ0) is 12.6. The van der Waals surface area contributed by atoms with E-state index in [1.165, 1.54) is 6.07 Å². The van der Waals surface area contributed by atoms with Crippen LogP contribution in [0.1, 0.15) is 25.6 Å². The van der Waals surface area contributed by atoms with Crippen molar-refractivity contribution < 1.29 is 8.81 Å². The van der Waals surface area contributed by atoms with Gasteiger partial charge in [-0.3, -0.25) is 0 Å². The predicted octanol–water partition coefficient (Wildman–Crippen LogP) is 4.25. The fourth-order valence-corrected chi connectivity index (χ4v) is 2.50. The van der Waals surface area contributed by atoms with Crippen molar-refractivity contribution in [3.05, 3.63) is 34.2 Å². The third-order valence-electron chi connectivity index (χ3n) is 2.84. The Balaban J connectivity index is 2.54. The van der Waals surface area contributed by atoms with Crippen LogP contribution in [-0.2, 0) is 0 Å². The smallest absolute Gasteiger partial charge is 0.170 e. The molecule has 92 valence electrons. The lowest BCUT2D eigenvalue weighted by molar-refractivity contribution is 0.367. The molecule has 0 spiro atoms. The van der Waals surface area contributed by atoms with Crippen molar-refractivity contribution in [3.8, 4) is 0 Å². The highest BCUT2D eigenvalue weighted by Gasteiger charge is 2.19. The van der Waals surface area contributed by atoms with Gasteiger partial charge in [0.25, 0.3) is 0 Å². The van der Waals surface area contributed by atoms with Gasteiger partial charge in [0.2, 0.25) is 0 Å². The summed E-state index contributed by atoms with van der Waals surface area (Å²) in [4.78, 5) is 0. The lowest BCUT2D eigenvalue weighted by atomic mass is 10.0. The third-order valence-corrected chi connectivity index (χ3v) is 3.30. The van der Waals surface area contributed by atoms with E-state index in [0.717, 1.165) is 15.6 Å². The van der Waals surface area contributed by atoms with Gasteiger partial charge in [-0.2, -0.15) is 0 Å². The zero-order valence-corrected chi connectivity index (χ0v) is 11.6. The highest BCUT2D eigenvalue weighted by Crippen LogP contribution is 2.31. The molecule has 1 unspecified atom stereocenters. The number of halogens is 2. The van der Waals surface area contributed by atoms with Crippen molar-refractivity contribution in [2.45, 2.75) is 19.9 Å². The van der Waals surface area contributed by atoms with E-state index in [9.17, 15) is 4.39 Å². The maximum absolute atomic E-state index is 13.7. The summed E-state index contributed by atoms with van der Waals surface area (Å²) in [5, 5.41) is 3.97. The van der Waals surface area contributed by atoms with Crippen LogP contribution in [0.3, 0.4) is 0 Å². The molecule has 0 aliphatic heterocycles. The Morgan fingerprint density at radius 1 is 1.29 bits per heavy atom. The van der Waals surface area contributed by atoms with Gasteiger partial charge in [0.1, 0.15) is 5.76 Å². The quantitative estimate of drug-likeness (QED) is 0.916. The minimum atomic E-state index is -0.334. The van der Waals surface area contributed by atoms with Crippen molar-refractivity contribution in [2.24, 2.45) is 5.92 Å². The molecule has 0 bridgehead atoms. The van der Waals surface area contributed by atoms with Crippen molar-refractivity contribution in [1.82, 2.24) is 5.32 Å². The largest absolute Gasteiger partial charge is 0.456 e. The van der Waals surface area contributed by atoms with Crippen LogP contribution in [0.4, 0.5) is 4.39 Å². The molecule has 2 aromatic rings. The lowest BCUT2D eigenvalue weighted by Gasteiger charge is -2.16. The van der Waals surface area contributed by atoms with E-state index in [2.05, 4.69) is 35.1 Å². The SMILES string of the molecule is CNC(c1cc2cc(Br)cc(F)c2o1)C(C)C. The van der Waals surface area contributed by atoms with Gasteiger partial charge in [0.05, 0.1) is 6.04 Å². The number of rotatable bonds is 3. The third kappa shape index (κ3) is 2.38. The molecule has 0 fully saturated rings. The Kier molecular flexibility index (Phi) is 3.54. The van der Waals surface area contributed by atoms with E-state index >= 15 is 0 Å². The van der Waals surface area contributed by atoms with Crippen LogP contribution < -0.4 is 5.32 Å². The molecule has 2 rings (SSSR count). The van der Waals surface area contributed by atoms with E-state index in [-0.39, 0.29) is 11.9 Å². The van der Waals surface area contributed by atoms with E-state index in [1.807, 2.05) is 19.2 Å². The van der Waals surface area contributed by atoms with Crippen LogP contribution in [0.2, 0.25) is 0 Å². The molecule has 0 saturated carbocycles. The van der Waals surface area contributed by atoms with Crippen LogP contribution in [-0.4, -0.2) is 7.05 Å². The molecular formula is C13H15BrFNO. The van der Waals surface area contributed by atoms with Gasteiger partial charge >= 0.3 is 0 Å². The highest BCUT2D eigenvalue weighted by atomic mass is 79.9. The van der Waals surface area contributed by atoms with Gasteiger partial charge in [0.15, 0.2) is 11.4 Å². The molecule has 1 N–H and O–H groups in total. The minimum Gasteiger partial charge on any atom is -0.456 e. The normalized spacial score (nSPS) is 13.5. The molecule has 1 aromatic heterocycles. The van der Waals surface area contributed by atoms with Gasteiger partial charge in [-0.15, -0.1) is 0 Å². The lowest BCUT2D eigenvalue weighted by Crippen LogP contribution is -2.20. The van der Waals surface area contributed by atoms with Crippen LogP contribution >= 0.6 is 15.9 Å². The first kappa shape index (κ1) is 12.6. The van der Waals surface area contributed by atoms with Crippen LogP contribution in [0.5, 0.6) is 0 Å². The highest BCUT2D eigenvalue weighted by molar-refractivity contribution is 9.10. The van der Waals surface area contributed by atoms with Crippen LogP contribution in [0.25, 0.3) is 11.0 Å². The molecule has 2 nitrogen and oxygen atoms in total. The van der Waals surface area contributed by atoms with E-state index in [0.29, 0.717) is 11.5 Å². The standard InChI is InChI=1S/C13H15BrFNO/c1-7(2)12(16-3)11-5-8-4-9(14)6-10(15)13(8)17-11/h4-7,12,16H,1-3H3. The second-order valence-corrected chi connectivity index (χ2v) is 5.38. The molecular weight excluding hydrogens is 285 g/mol. The molecule has 0 saturated heterocycles. The average molecular weight is 300 g/mol. The molecule has 1 aromatic carbocycles. The number of furan rings is 1. The summed E-state index contributed by atoms with van der Waals surface area (Å²) < 4.78 is 20.0. The zero-order valence-electron chi connectivity index (χ0n) is 10.1. The summed E-state index contributed by atoms with van der Waals surface area (Å²) in [6.07, 6.45) is 0. The Morgan fingerprint density at radius 2 is 2.00 bits per heavy atom. The molecule has 0 aliphatic rings. The van der Waals surface area contributed by atoms with E-state index in [4.69, 9.17) is 4.42 Å². The Morgan fingerprint density at radius 3 is 2.59 bits per heavy atom. The molecule has 0 aliphatic carbocycles. The maximum atomic E-state index is 13.7. The second-order valence-electron chi connectivity index (χ2n) is 4.47. The molecule has 0 amide bonds. The monoisotopic (exact) mass is 299 g/mol. The van der Waals surface area contributed by atoms with Crippen molar-refractivity contribution in [1.29, 1.82) is 0 Å². The van der Waals surface area contributed by atoms with Gasteiger partial charge in [-0.1, -0.05) is 29.8 Å². The first-order valence-electron chi connectivity index (χ1n) is 5.58. The molecule has 4 heteroatoms. The average Bonchev–Trinajstić information content (AvgIpc) is 2.61. The number of hydrogen-bond acceptors (Lipinski definition) is 2. The second kappa shape index (κ2) is 4.78. The van der Waals surface area contributed by atoms with Gasteiger partial charge < -0.3 is 9.73 Å². The van der Waals surface area contributed by atoms with Gasteiger partial charge in [-0.05, 0) is 31.2 Å². The molecule has 1 heterocycles. The van der Waals surface area contributed by atoms with Gasteiger partial charge in [0, 0.05) is 9.86 Å². The maximum Gasteiger partial charge on any atom is 0.170 e. The van der Waals surface area contributed by atoms with E-state index < -0.39 is 0 Å². The van der Waals surface area contributed by atoms with Crippen molar-refractivity contribution in [2.75, 3.05) is 7.05 Å². The Hall–Kier alpha value is -0.870. The summed E-state index contributed by atoms with van der Waals surface area (Å²) in [5.74, 6) is 0.820. The predicted molar refractivity (Wildman–Crippen MR) is 70.5 cm³/mol. The van der Waals surface area contributed by atoms with Crippen molar-refractivity contribution in [3.63, 3.8) is 0 Å². The summed E-state index contributed by atoms with van der Waals surface area (Å²) in [7, 11) is 1.88. The topological polar surface area (TPSA) is 25.2 Å². The summed E-state index contributed by atoms with van der Waals surface area (Å²) >= 11 is 3.28. The number of nitrogens with one attached hydrogen (secondary N) is 1. The molecule has 1 atom stereocenters. The summed E-state index contributed by atoms with van der Waals surface area (Å²) in [6.45, 7) is 4.20. The molecule has 17 heavy (non-hydrogen) atoms. The Labute approximate surface area is 108 Å². The Bertz CT molecular complexity index is 535. The summed E-state index contributed by atoms with van der Waals surface area (Å²) in [6, 6.07) is 5.27.